The van der Waals surface area contributed by atoms with E-state index in [1.54, 1.807) is 6.07 Å². The van der Waals surface area contributed by atoms with E-state index in [-0.39, 0.29) is 11.2 Å². The maximum absolute atomic E-state index is 13.8. The van der Waals surface area contributed by atoms with Crippen molar-refractivity contribution < 1.29 is 9.13 Å². The molecule has 17 heavy (non-hydrogen) atoms. The molecule has 1 aromatic carbocycles. The van der Waals surface area contributed by atoms with Gasteiger partial charge in [-0.05, 0) is 31.1 Å². The maximum Gasteiger partial charge on any atom is 0.130 e. The maximum atomic E-state index is 13.8. The van der Waals surface area contributed by atoms with Gasteiger partial charge in [-0.3, -0.25) is 0 Å². The van der Waals surface area contributed by atoms with Crippen LogP contribution in [0.2, 0.25) is 0 Å². The van der Waals surface area contributed by atoms with E-state index in [1.165, 1.54) is 6.07 Å². The van der Waals surface area contributed by atoms with Crippen molar-refractivity contribution in [3.63, 3.8) is 0 Å². The van der Waals surface area contributed by atoms with Gasteiger partial charge in [-0.1, -0.05) is 26.8 Å². The Labute approximate surface area is 103 Å². The van der Waals surface area contributed by atoms with Gasteiger partial charge in [0.25, 0.3) is 0 Å². The standard InChI is InChI=1S/C14H22FNO/c1-14(2,3)12-7-6-11(10-13(12)15)17-9-8-16(4)5/h6-7,10H,8-9H2,1-5H3. The van der Waals surface area contributed by atoms with E-state index in [2.05, 4.69) is 0 Å². The third-order valence-electron chi connectivity index (χ3n) is 2.56. The van der Waals surface area contributed by atoms with Crippen LogP contribution < -0.4 is 4.74 Å². The third kappa shape index (κ3) is 4.35. The molecular formula is C14H22FNO. The Morgan fingerprint density at radius 1 is 1.24 bits per heavy atom. The summed E-state index contributed by atoms with van der Waals surface area (Å²) in [5, 5.41) is 0. The van der Waals surface area contributed by atoms with Gasteiger partial charge in [0.1, 0.15) is 18.2 Å². The van der Waals surface area contributed by atoms with Crippen LogP contribution in [-0.4, -0.2) is 32.1 Å². The molecule has 0 fully saturated rings. The smallest absolute Gasteiger partial charge is 0.130 e. The fourth-order valence-electron chi connectivity index (χ4n) is 1.54. The van der Waals surface area contributed by atoms with Crippen LogP contribution in [0.4, 0.5) is 4.39 Å². The van der Waals surface area contributed by atoms with E-state index in [1.807, 2.05) is 45.8 Å². The summed E-state index contributed by atoms with van der Waals surface area (Å²) in [6.45, 7) is 7.39. The van der Waals surface area contributed by atoms with Gasteiger partial charge in [0.2, 0.25) is 0 Å². The predicted octanol–water partition coefficient (Wildman–Crippen LogP) is 3.06. The largest absolute Gasteiger partial charge is 0.492 e. The van der Waals surface area contributed by atoms with Gasteiger partial charge in [0, 0.05) is 12.6 Å². The molecule has 0 aromatic heterocycles. The fraction of sp³-hybridized carbons (Fsp3) is 0.571. The topological polar surface area (TPSA) is 12.5 Å². The molecule has 0 atom stereocenters. The van der Waals surface area contributed by atoms with Crippen molar-refractivity contribution >= 4 is 0 Å². The second-order valence-corrected chi connectivity index (χ2v) is 5.54. The monoisotopic (exact) mass is 239 g/mol. The SMILES string of the molecule is CN(C)CCOc1ccc(C(C)(C)C)c(F)c1. The highest BCUT2D eigenvalue weighted by Gasteiger charge is 2.18. The van der Waals surface area contributed by atoms with Gasteiger partial charge in [-0.15, -0.1) is 0 Å². The number of halogens is 1. The van der Waals surface area contributed by atoms with Crippen molar-refractivity contribution in [2.75, 3.05) is 27.2 Å². The number of benzene rings is 1. The molecule has 0 unspecified atom stereocenters. The van der Waals surface area contributed by atoms with Crippen LogP contribution in [0.25, 0.3) is 0 Å². The second kappa shape index (κ2) is 5.50. The van der Waals surface area contributed by atoms with E-state index >= 15 is 0 Å². The molecule has 0 amide bonds. The second-order valence-electron chi connectivity index (χ2n) is 5.54. The van der Waals surface area contributed by atoms with Crippen LogP contribution in [0.5, 0.6) is 5.75 Å². The van der Waals surface area contributed by atoms with E-state index in [4.69, 9.17) is 4.74 Å². The molecule has 0 aliphatic carbocycles. The Balaban J connectivity index is 2.69. The van der Waals surface area contributed by atoms with Gasteiger partial charge >= 0.3 is 0 Å². The number of hydrogen-bond acceptors (Lipinski definition) is 2. The van der Waals surface area contributed by atoms with Crippen molar-refractivity contribution in [1.29, 1.82) is 0 Å². The molecule has 0 aliphatic heterocycles. The molecule has 0 saturated heterocycles. The number of ether oxygens (including phenoxy) is 1. The van der Waals surface area contributed by atoms with Crippen molar-refractivity contribution in [2.45, 2.75) is 26.2 Å². The van der Waals surface area contributed by atoms with Crippen molar-refractivity contribution in [2.24, 2.45) is 0 Å². The molecular weight excluding hydrogens is 217 g/mol. The van der Waals surface area contributed by atoms with Crippen molar-refractivity contribution in [3.8, 4) is 5.75 Å². The molecule has 2 nitrogen and oxygen atoms in total. The van der Waals surface area contributed by atoms with Crippen molar-refractivity contribution in [1.82, 2.24) is 4.90 Å². The summed E-state index contributed by atoms with van der Waals surface area (Å²) in [5.74, 6) is 0.400. The van der Waals surface area contributed by atoms with Gasteiger partial charge in [0.15, 0.2) is 0 Å². The number of likely N-dealkylation sites (N-methyl/N-ethyl adjacent to an activating group) is 1. The summed E-state index contributed by atoms with van der Waals surface area (Å²) in [5.41, 5.74) is 0.546. The lowest BCUT2D eigenvalue weighted by atomic mass is 9.87. The minimum atomic E-state index is -0.195. The van der Waals surface area contributed by atoms with Gasteiger partial charge < -0.3 is 9.64 Å². The fourth-order valence-corrected chi connectivity index (χ4v) is 1.54. The number of hydrogen-bond donors (Lipinski definition) is 0. The van der Waals surface area contributed by atoms with Crippen LogP contribution in [0.15, 0.2) is 18.2 Å². The Morgan fingerprint density at radius 3 is 2.35 bits per heavy atom. The summed E-state index contributed by atoms with van der Waals surface area (Å²) in [4.78, 5) is 2.03. The molecule has 0 spiro atoms. The zero-order valence-corrected chi connectivity index (χ0v) is 11.4. The third-order valence-corrected chi connectivity index (χ3v) is 2.56. The van der Waals surface area contributed by atoms with Crippen LogP contribution in [0.3, 0.4) is 0 Å². The summed E-state index contributed by atoms with van der Waals surface area (Å²) >= 11 is 0. The molecule has 3 heteroatoms. The molecule has 0 saturated carbocycles. The minimum absolute atomic E-state index is 0.174. The van der Waals surface area contributed by atoms with Gasteiger partial charge in [-0.2, -0.15) is 0 Å². The van der Waals surface area contributed by atoms with E-state index in [9.17, 15) is 4.39 Å². The first-order chi connectivity index (χ1) is 7.80. The predicted molar refractivity (Wildman–Crippen MR) is 69.1 cm³/mol. The zero-order valence-electron chi connectivity index (χ0n) is 11.4. The first-order valence-electron chi connectivity index (χ1n) is 5.88. The Bertz CT molecular complexity index is 369. The molecule has 0 aliphatic rings. The molecule has 1 rings (SSSR count). The lowest BCUT2D eigenvalue weighted by molar-refractivity contribution is 0.260. The van der Waals surface area contributed by atoms with Crippen LogP contribution in [0.1, 0.15) is 26.3 Å². The molecule has 96 valence electrons. The Morgan fingerprint density at radius 2 is 1.88 bits per heavy atom. The van der Waals surface area contributed by atoms with Gasteiger partial charge in [0.05, 0.1) is 0 Å². The lowest BCUT2D eigenvalue weighted by Crippen LogP contribution is -2.19. The Hall–Kier alpha value is -1.09. The lowest BCUT2D eigenvalue weighted by Gasteiger charge is -2.20. The van der Waals surface area contributed by atoms with Crippen molar-refractivity contribution in [3.05, 3.63) is 29.6 Å². The van der Waals surface area contributed by atoms with Crippen LogP contribution >= 0.6 is 0 Å². The summed E-state index contributed by atoms with van der Waals surface area (Å²) < 4.78 is 19.3. The summed E-state index contributed by atoms with van der Waals surface area (Å²) in [7, 11) is 3.96. The average molecular weight is 239 g/mol. The highest BCUT2D eigenvalue weighted by molar-refractivity contribution is 5.32. The van der Waals surface area contributed by atoms with E-state index < -0.39 is 0 Å². The van der Waals surface area contributed by atoms with Crippen LogP contribution in [0, 0.1) is 5.82 Å². The van der Waals surface area contributed by atoms with E-state index in [0.717, 1.165) is 12.1 Å². The first kappa shape index (κ1) is 14.0. The minimum Gasteiger partial charge on any atom is -0.492 e. The van der Waals surface area contributed by atoms with Crippen LogP contribution in [-0.2, 0) is 5.41 Å². The molecule has 0 heterocycles. The molecule has 0 bridgehead atoms. The molecule has 0 N–H and O–H groups in total. The van der Waals surface area contributed by atoms with Gasteiger partial charge in [-0.25, -0.2) is 4.39 Å². The molecule has 1 aromatic rings. The number of nitrogens with zero attached hydrogens (tertiary/aromatic N) is 1. The highest BCUT2D eigenvalue weighted by atomic mass is 19.1. The zero-order chi connectivity index (χ0) is 13.1. The first-order valence-corrected chi connectivity index (χ1v) is 5.88. The molecule has 0 radical (unpaired) electrons. The summed E-state index contributed by atoms with van der Waals surface area (Å²) in [6, 6.07) is 5.11. The number of rotatable bonds is 4. The normalized spacial score (nSPS) is 11.9. The quantitative estimate of drug-likeness (QED) is 0.800. The Kier molecular flexibility index (Phi) is 4.52. The average Bonchev–Trinajstić information content (AvgIpc) is 2.14. The highest BCUT2D eigenvalue weighted by Crippen LogP contribution is 2.27. The summed E-state index contributed by atoms with van der Waals surface area (Å²) in [6.07, 6.45) is 0. The van der Waals surface area contributed by atoms with E-state index in [0.29, 0.717) is 12.4 Å².